The molecule has 1 unspecified atom stereocenters. The number of aromatic nitrogens is 2. The number of carboxylic acids is 1. The number of alkyl halides is 2. The lowest BCUT2D eigenvalue weighted by Gasteiger charge is -2.16. The van der Waals surface area contributed by atoms with Gasteiger partial charge in [-0.05, 0) is 29.8 Å². The van der Waals surface area contributed by atoms with Gasteiger partial charge in [0.1, 0.15) is 17.6 Å². The van der Waals surface area contributed by atoms with Crippen molar-refractivity contribution in [1.29, 1.82) is 0 Å². The molecule has 1 atom stereocenters. The number of rotatable bonds is 8. The van der Waals surface area contributed by atoms with Gasteiger partial charge in [-0.15, -0.1) is 0 Å². The van der Waals surface area contributed by atoms with Gasteiger partial charge in [-0.25, -0.2) is 13.9 Å². The zero-order valence-electron chi connectivity index (χ0n) is 15.8. The number of carbonyl (C=O) groups is 3. The number of nitrogens with zero attached hydrogens (tertiary/aromatic N) is 2. The van der Waals surface area contributed by atoms with Crippen LogP contribution in [0, 0.1) is 5.82 Å². The molecule has 0 bridgehead atoms. The first kappa shape index (κ1) is 21.8. The van der Waals surface area contributed by atoms with Gasteiger partial charge in [0.15, 0.2) is 0 Å². The molecule has 0 fully saturated rings. The number of hydrogen-bond donors (Lipinski definition) is 2. The number of carbonyl (C=O) groups excluding carboxylic acids is 2. The molecule has 0 saturated heterocycles. The molecule has 10 heteroatoms. The second-order valence-electron chi connectivity index (χ2n) is 6.54. The average molecular weight is 431 g/mol. The van der Waals surface area contributed by atoms with E-state index in [0.717, 1.165) is 18.3 Å². The average Bonchev–Trinajstić information content (AvgIpc) is 3.20. The van der Waals surface area contributed by atoms with Crippen molar-refractivity contribution in [2.24, 2.45) is 0 Å². The molecule has 2 N–H and O–H groups in total. The Kier molecular flexibility index (Phi) is 6.49. The number of hydrogen-bond acceptors (Lipinski definition) is 4. The van der Waals surface area contributed by atoms with Crippen molar-refractivity contribution in [2.45, 2.75) is 19.0 Å². The molecular weight excluding hydrogens is 415 g/mol. The van der Waals surface area contributed by atoms with Crippen molar-refractivity contribution in [3.8, 4) is 11.3 Å². The van der Waals surface area contributed by atoms with E-state index < -0.39 is 36.1 Å². The highest BCUT2D eigenvalue weighted by Crippen LogP contribution is 2.25. The van der Waals surface area contributed by atoms with E-state index in [-0.39, 0.29) is 27.9 Å². The molecular formula is C21H16F3N3O4. The lowest BCUT2D eigenvalue weighted by molar-refractivity contribution is -0.149. The minimum absolute atomic E-state index is 0.118. The van der Waals surface area contributed by atoms with E-state index in [4.69, 9.17) is 5.11 Å². The molecule has 3 rings (SSSR count). The normalized spacial score (nSPS) is 11.9. The number of Topliss-reactive ketones (excluding diaryl/α,β-unsaturated/α-hetero) is 1. The Bertz CT molecular complexity index is 1100. The molecule has 0 spiro atoms. The van der Waals surface area contributed by atoms with Crippen molar-refractivity contribution in [2.75, 3.05) is 0 Å². The summed E-state index contributed by atoms with van der Waals surface area (Å²) in [6.45, 7) is -3.05. The zero-order valence-corrected chi connectivity index (χ0v) is 15.8. The number of nitrogens with one attached hydrogen (secondary N) is 1. The van der Waals surface area contributed by atoms with Crippen LogP contribution >= 0.6 is 0 Å². The Labute approximate surface area is 174 Å². The van der Waals surface area contributed by atoms with Gasteiger partial charge >= 0.3 is 12.5 Å². The van der Waals surface area contributed by atoms with Gasteiger partial charge < -0.3 is 10.4 Å². The predicted octanol–water partition coefficient (Wildman–Crippen LogP) is 3.08. The van der Waals surface area contributed by atoms with Gasteiger partial charge in [-0.1, -0.05) is 30.3 Å². The van der Waals surface area contributed by atoms with Crippen molar-refractivity contribution in [3.63, 3.8) is 0 Å². The number of amides is 1. The van der Waals surface area contributed by atoms with Gasteiger partial charge in [-0.3, -0.25) is 9.59 Å². The Morgan fingerprint density at radius 2 is 1.68 bits per heavy atom. The SMILES string of the molecule is O=C(O)C(=O)C(Cc1ccccc1)NC(=O)c1cn(C(F)F)nc1-c1ccc(F)cc1. The summed E-state index contributed by atoms with van der Waals surface area (Å²) >= 11 is 0. The predicted molar refractivity (Wildman–Crippen MR) is 103 cm³/mol. The van der Waals surface area contributed by atoms with Crippen LogP contribution < -0.4 is 5.32 Å². The molecule has 1 aromatic heterocycles. The maximum Gasteiger partial charge on any atom is 0.374 e. The zero-order chi connectivity index (χ0) is 22.5. The van der Waals surface area contributed by atoms with Crippen LogP contribution in [0.5, 0.6) is 0 Å². The van der Waals surface area contributed by atoms with E-state index in [1.165, 1.54) is 12.1 Å². The standard InChI is InChI=1S/C21H16F3N3O4/c22-14-8-6-13(7-9-14)17-15(11-27(26-17)21(23)24)19(29)25-16(18(28)20(30)31)10-12-4-2-1-3-5-12/h1-9,11,16,21H,10H2,(H,25,29)(H,30,31). The molecule has 2 aromatic carbocycles. The van der Waals surface area contributed by atoms with Crippen LogP contribution in [0.2, 0.25) is 0 Å². The topological polar surface area (TPSA) is 101 Å². The molecule has 160 valence electrons. The molecule has 0 aliphatic carbocycles. The smallest absolute Gasteiger partial charge is 0.374 e. The van der Waals surface area contributed by atoms with E-state index >= 15 is 0 Å². The molecule has 3 aromatic rings. The fraction of sp³-hybridized carbons (Fsp3) is 0.143. The lowest BCUT2D eigenvalue weighted by atomic mass is 10.0. The number of halogens is 3. The highest BCUT2D eigenvalue weighted by Gasteiger charge is 2.29. The van der Waals surface area contributed by atoms with Crippen LogP contribution in [0.1, 0.15) is 22.5 Å². The van der Waals surface area contributed by atoms with Crippen molar-refractivity contribution < 1.29 is 32.7 Å². The van der Waals surface area contributed by atoms with Crippen molar-refractivity contribution in [3.05, 3.63) is 77.7 Å². The lowest BCUT2D eigenvalue weighted by Crippen LogP contribution is -2.45. The minimum Gasteiger partial charge on any atom is -0.475 e. The van der Waals surface area contributed by atoms with Gasteiger partial charge in [0.25, 0.3) is 11.7 Å². The summed E-state index contributed by atoms with van der Waals surface area (Å²) in [5.41, 5.74) is 0.293. The Balaban J connectivity index is 1.94. The summed E-state index contributed by atoms with van der Waals surface area (Å²) < 4.78 is 39.8. The number of carboxylic acid groups (broad SMARTS) is 1. The fourth-order valence-corrected chi connectivity index (χ4v) is 2.92. The van der Waals surface area contributed by atoms with Gasteiger partial charge in [0.05, 0.1) is 5.56 Å². The summed E-state index contributed by atoms with van der Waals surface area (Å²) in [6, 6.07) is 11.6. The van der Waals surface area contributed by atoms with E-state index in [1.54, 1.807) is 30.3 Å². The monoisotopic (exact) mass is 431 g/mol. The Morgan fingerprint density at radius 3 is 2.26 bits per heavy atom. The van der Waals surface area contributed by atoms with Crippen LogP contribution in [0.3, 0.4) is 0 Å². The molecule has 1 amide bonds. The first-order chi connectivity index (χ1) is 14.8. The molecule has 0 aliphatic rings. The molecule has 31 heavy (non-hydrogen) atoms. The number of benzene rings is 2. The van der Waals surface area contributed by atoms with Crippen LogP contribution in [0.25, 0.3) is 11.3 Å². The first-order valence-electron chi connectivity index (χ1n) is 9.01. The highest BCUT2D eigenvalue weighted by molar-refractivity contribution is 6.35. The summed E-state index contributed by atoms with van der Waals surface area (Å²) in [4.78, 5) is 36.2. The second kappa shape index (κ2) is 9.24. The third kappa shape index (κ3) is 5.16. The molecule has 7 nitrogen and oxygen atoms in total. The highest BCUT2D eigenvalue weighted by atomic mass is 19.3. The van der Waals surface area contributed by atoms with Gasteiger partial charge in [-0.2, -0.15) is 13.9 Å². The fourth-order valence-electron chi connectivity index (χ4n) is 2.92. The summed E-state index contributed by atoms with van der Waals surface area (Å²) in [7, 11) is 0. The van der Waals surface area contributed by atoms with Crippen LogP contribution in [0.15, 0.2) is 60.8 Å². The third-order valence-corrected chi connectivity index (χ3v) is 4.41. The number of aliphatic carboxylic acids is 1. The van der Waals surface area contributed by atoms with Crippen molar-refractivity contribution >= 4 is 17.7 Å². The molecule has 0 radical (unpaired) electrons. The molecule has 0 saturated carbocycles. The Morgan fingerprint density at radius 1 is 1.03 bits per heavy atom. The minimum atomic E-state index is -3.05. The number of ketones is 1. The quantitative estimate of drug-likeness (QED) is 0.534. The van der Waals surface area contributed by atoms with Crippen LogP contribution in [-0.2, 0) is 16.0 Å². The molecule has 1 heterocycles. The summed E-state index contributed by atoms with van der Waals surface area (Å²) in [6.07, 6.45) is 0.663. The summed E-state index contributed by atoms with van der Waals surface area (Å²) in [5.74, 6) is -4.55. The van der Waals surface area contributed by atoms with E-state index in [1.807, 2.05) is 0 Å². The maximum absolute atomic E-state index is 13.2. The van der Waals surface area contributed by atoms with Crippen LogP contribution in [-0.4, -0.2) is 38.6 Å². The third-order valence-electron chi connectivity index (χ3n) is 4.41. The molecule has 0 aliphatic heterocycles. The second-order valence-corrected chi connectivity index (χ2v) is 6.54. The van der Waals surface area contributed by atoms with Gasteiger partial charge in [0.2, 0.25) is 0 Å². The maximum atomic E-state index is 13.2. The van der Waals surface area contributed by atoms with E-state index in [9.17, 15) is 27.6 Å². The van der Waals surface area contributed by atoms with Crippen molar-refractivity contribution in [1.82, 2.24) is 15.1 Å². The largest absolute Gasteiger partial charge is 0.475 e. The van der Waals surface area contributed by atoms with E-state index in [0.29, 0.717) is 5.56 Å². The Hall–Kier alpha value is -3.95. The van der Waals surface area contributed by atoms with Crippen LogP contribution in [0.4, 0.5) is 13.2 Å². The first-order valence-corrected chi connectivity index (χ1v) is 9.01. The summed E-state index contributed by atoms with van der Waals surface area (Å²) in [5, 5.41) is 15.1. The van der Waals surface area contributed by atoms with Gasteiger partial charge in [0, 0.05) is 18.2 Å². The van der Waals surface area contributed by atoms with E-state index in [2.05, 4.69) is 10.4 Å².